The monoisotopic (exact) mass is 1220 g/mol. The highest BCUT2D eigenvalue weighted by Gasteiger charge is 2.27. The van der Waals surface area contributed by atoms with E-state index in [0.29, 0.717) is 0 Å². The summed E-state index contributed by atoms with van der Waals surface area (Å²) in [5.74, 6) is 0. The third-order valence-corrected chi connectivity index (χ3v) is 19.3. The highest BCUT2D eigenvalue weighted by Crippen LogP contribution is 2.55. The third kappa shape index (κ3) is 10.4. The lowest BCUT2D eigenvalue weighted by Crippen LogP contribution is -1.97. The topological polar surface area (TPSA) is 0 Å². The van der Waals surface area contributed by atoms with Crippen LogP contribution >= 0.6 is 0 Å². The summed E-state index contributed by atoms with van der Waals surface area (Å²) in [6.07, 6.45) is 0. The first-order valence-corrected chi connectivity index (χ1v) is 33.2. The lowest BCUT2D eigenvalue weighted by molar-refractivity contribution is 1.57. The van der Waals surface area contributed by atoms with Crippen LogP contribution in [0.5, 0.6) is 0 Å². The molecule has 0 radical (unpaired) electrons. The van der Waals surface area contributed by atoms with Crippen molar-refractivity contribution in [1.29, 1.82) is 0 Å². The third-order valence-electron chi connectivity index (χ3n) is 19.3. The van der Waals surface area contributed by atoms with Crippen molar-refractivity contribution in [2.24, 2.45) is 0 Å². The van der Waals surface area contributed by atoms with Crippen LogP contribution in [0.2, 0.25) is 0 Å². The van der Waals surface area contributed by atoms with Crippen LogP contribution in [-0.4, -0.2) is 0 Å². The Morgan fingerprint density at radius 1 is 0.115 bits per heavy atom. The molecule has 0 saturated heterocycles. The molecule has 18 rings (SSSR count). The van der Waals surface area contributed by atoms with Gasteiger partial charge in [-0.15, -0.1) is 0 Å². The van der Waals surface area contributed by atoms with Crippen molar-refractivity contribution in [2.75, 3.05) is 0 Å². The molecule has 0 spiro atoms. The van der Waals surface area contributed by atoms with Gasteiger partial charge in [0.2, 0.25) is 0 Å². The summed E-state index contributed by atoms with van der Waals surface area (Å²) in [4.78, 5) is 0. The number of benzene rings is 18. The van der Waals surface area contributed by atoms with Crippen LogP contribution < -0.4 is 0 Å². The highest BCUT2D eigenvalue weighted by atomic mass is 14.3. The summed E-state index contributed by atoms with van der Waals surface area (Å²) in [6, 6.07) is 142. The Morgan fingerprint density at radius 2 is 0.333 bits per heavy atom. The predicted molar refractivity (Wildman–Crippen MR) is 412 cm³/mol. The zero-order chi connectivity index (χ0) is 63.7. The summed E-state index contributed by atoms with van der Waals surface area (Å²) < 4.78 is 0. The maximum atomic E-state index is 2.43. The number of fused-ring (bicyclic) bond motifs is 6. The molecule has 0 fully saturated rings. The standard InChI is InChI=1S/C54H36.C42H28/c1-5-17-37(18-6-1)43-29-31-47(49(33-43)39-21-9-3-10-22-39)53-45-27-15-16-28-46(45)54(52-36-42-26-14-13-25-41(42)35-51(52)53)48-32-30-44(38-19-7-2-8-20-38)34-50(48)40-23-11-4-12-24-40;1-5-17-29(18-6-1)37-33-25-13-14-26-34(33)39(31-21-9-3-10-22-31)42-40(32-23-11-4-12-24-32)36-28-16-15-27-35(36)38(41(37)42)30-19-7-2-8-20-30/h1-36H;1-28H. The molecule has 0 N–H and O–H groups in total. The summed E-state index contributed by atoms with van der Waals surface area (Å²) >= 11 is 0. The average Bonchev–Trinajstić information content (AvgIpc) is 0.707. The first-order chi connectivity index (χ1) is 47.7. The van der Waals surface area contributed by atoms with Crippen molar-refractivity contribution in [3.05, 3.63) is 388 Å². The lowest BCUT2D eigenvalue weighted by atomic mass is 9.77. The molecule has 0 aliphatic rings. The molecule has 0 unspecified atom stereocenters. The van der Waals surface area contributed by atoms with Gasteiger partial charge in [-0.2, -0.15) is 0 Å². The van der Waals surface area contributed by atoms with Crippen molar-refractivity contribution in [3.8, 4) is 111 Å². The largest absolute Gasteiger partial charge is 0.0622 e. The fourth-order valence-corrected chi connectivity index (χ4v) is 15.0. The molecule has 0 bridgehead atoms. The molecule has 0 aromatic heterocycles. The van der Waals surface area contributed by atoms with Gasteiger partial charge < -0.3 is 0 Å². The molecule has 0 aliphatic heterocycles. The summed E-state index contributed by atoms with van der Waals surface area (Å²) in [7, 11) is 0. The van der Waals surface area contributed by atoms with E-state index in [1.807, 2.05) is 0 Å². The van der Waals surface area contributed by atoms with E-state index in [2.05, 4.69) is 388 Å². The Bertz CT molecular complexity index is 5350. The molecule has 0 heteroatoms. The summed E-state index contributed by atoms with van der Waals surface area (Å²) in [5, 5.41) is 15.1. The van der Waals surface area contributed by atoms with E-state index >= 15 is 0 Å². The van der Waals surface area contributed by atoms with Crippen LogP contribution in [0.15, 0.2) is 388 Å². The fraction of sp³-hybridized carbons (Fsp3) is 0. The first-order valence-electron chi connectivity index (χ1n) is 33.2. The smallest absolute Gasteiger partial charge is 0.000139 e. The fourth-order valence-electron chi connectivity index (χ4n) is 15.0. The Labute approximate surface area is 560 Å². The second kappa shape index (κ2) is 25.2. The molecule has 18 aromatic carbocycles. The molecule has 0 heterocycles. The maximum absolute atomic E-state index is 2.43. The molecule has 0 aliphatic carbocycles. The van der Waals surface area contributed by atoms with Crippen molar-refractivity contribution in [3.63, 3.8) is 0 Å². The Balaban J connectivity index is 0.000000150. The molecule has 0 nitrogen and oxygen atoms in total. The minimum absolute atomic E-state index is 1.20. The van der Waals surface area contributed by atoms with Crippen molar-refractivity contribution < 1.29 is 0 Å². The molecule has 96 heavy (non-hydrogen) atoms. The van der Waals surface area contributed by atoms with Gasteiger partial charge in [-0.3, -0.25) is 0 Å². The summed E-state index contributed by atoms with van der Waals surface area (Å²) in [6.45, 7) is 0. The second-order valence-corrected chi connectivity index (χ2v) is 24.8. The predicted octanol–water partition coefficient (Wildman–Crippen LogP) is 27.0. The van der Waals surface area contributed by atoms with Crippen molar-refractivity contribution in [2.45, 2.75) is 0 Å². The second-order valence-electron chi connectivity index (χ2n) is 24.8. The van der Waals surface area contributed by atoms with Gasteiger partial charge in [0.15, 0.2) is 0 Å². The zero-order valence-electron chi connectivity index (χ0n) is 53.0. The number of rotatable bonds is 10. The molecule has 0 saturated carbocycles. The van der Waals surface area contributed by atoms with Gasteiger partial charge in [0.1, 0.15) is 0 Å². The van der Waals surface area contributed by atoms with E-state index in [1.54, 1.807) is 0 Å². The van der Waals surface area contributed by atoms with Gasteiger partial charge in [-0.1, -0.05) is 364 Å². The van der Waals surface area contributed by atoms with Gasteiger partial charge in [0, 0.05) is 0 Å². The molecule has 18 aromatic rings. The van der Waals surface area contributed by atoms with E-state index in [1.165, 1.54) is 176 Å². The molecule has 0 atom stereocenters. The Hall–Kier alpha value is -12.5. The van der Waals surface area contributed by atoms with Crippen LogP contribution in [0.25, 0.3) is 176 Å². The summed E-state index contributed by atoms with van der Waals surface area (Å²) in [5.41, 5.74) is 24.7. The van der Waals surface area contributed by atoms with Gasteiger partial charge in [0.05, 0.1) is 0 Å². The van der Waals surface area contributed by atoms with E-state index in [0.717, 1.165) is 0 Å². The maximum Gasteiger partial charge on any atom is -0.000139 e. The average molecular weight is 1220 g/mol. The number of hydrogen-bond donors (Lipinski definition) is 0. The van der Waals surface area contributed by atoms with Gasteiger partial charge in [-0.25, -0.2) is 0 Å². The number of hydrogen-bond acceptors (Lipinski definition) is 0. The van der Waals surface area contributed by atoms with Crippen molar-refractivity contribution in [1.82, 2.24) is 0 Å². The highest BCUT2D eigenvalue weighted by molar-refractivity contribution is 6.34. The van der Waals surface area contributed by atoms with Crippen LogP contribution in [0.4, 0.5) is 0 Å². The molecule has 0 amide bonds. The molecular formula is C96H64. The van der Waals surface area contributed by atoms with Crippen LogP contribution in [0.1, 0.15) is 0 Å². The van der Waals surface area contributed by atoms with Crippen LogP contribution in [0, 0.1) is 0 Å². The zero-order valence-corrected chi connectivity index (χ0v) is 53.0. The minimum Gasteiger partial charge on any atom is -0.0622 e. The Kier molecular flexibility index (Phi) is 15.1. The van der Waals surface area contributed by atoms with Crippen molar-refractivity contribution >= 4 is 64.6 Å². The van der Waals surface area contributed by atoms with Crippen LogP contribution in [0.3, 0.4) is 0 Å². The Morgan fingerprint density at radius 3 is 0.604 bits per heavy atom. The first kappa shape index (κ1) is 57.4. The van der Waals surface area contributed by atoms with E-state index in [4.69, 9.17) is 0 Å². The lowest BCUT2D eigenvalue weighted by Gasteiger charge is -2.25. The van der Waals surface area contributed by atoms with Gasteiger partial charge >= 0.3 is 0 Å². The normalized spacial score (nSPS) is 11.3. The SMILES string of the molecule is c1ccc(-c2c3ccccc3c(-c3ccccc3)c3c(-c4ccccc4)c4ccccc4c(-c4ccccc4)c23)cc1.c1ccc(-c2ccc(-c3c4ccccc4c(-c4ccc(-c5ccccc5)cc4-c4ccccc4)c4cc5ccccc5cc34)c(-c3ccccc3)c2)cc1. The minimum atomic E-state index is 1.20. The quantitative estimate of drug-likeness (QED) is 0.120. The van der Waals surface area contributed by atoms with E-state index < -0.39 is 0 Å². The molecular weight excluding hydrogens is 1150 g/mol. The molecule has 448 valence electrons. The van der Waals surface area contributed by atoms with Gasteiger partial charge in [0.25, 0.3) is 0 Å². The van der Waals surface area contributed by atoms with E-state index in [9.17, 15) is 0 Å². The van der Waals surface area contributed by atoms with Gasteiger partial charge in [-0.05, 0) is 200 Å². The van der Waals surface area contributed by atoms with Crippen LogP contribution in [-0.2, 0) is 0 Å². The van der Waals surface area contributed by atoms with E-state index in [-0.39, 0.29) is 0 Å².